The number of piperidine rings is 1. The molecule has 4 rings (SSSR count). The number of hydrogen-bond acceptors (Lipinski definition) is 5. The Hall–Kier alpha value is -3.38. The van der Waals surface area contributed by atoms with E-state index in [1.165, 1.54) is 11.3 Å². The number of methoxy groups -OCH3 is 1. The fourth-order valence-electron chi connectivity index (χ4n) is 5.37. The van der Waals surface area contributed by atoms with Gasteiger partial charge in [-0.1, -0.05) is 24.3 Å². The second kappa shape index (κ2) is 12.7. The summed E-state index contributed by atoms with van der Waals surface area (Å²) in [5, 5.41) is 3.15. The average molecular weight is 501 g/mol. The van der Waals surface area contributed by atoms with Gasteiger partial charge in [0.2, 0.25) is 0 Å². The predicted octanol–water partition coefficient (Wildman–Crippen LogP) is 5.39. The number of anilines is 1. The van der Waals surface area contributed by atoms with Gasteiger partial charge in [0.05, 0.1) is 7.11 Å². The Labute approximate surface area is 221 Å². The first-order valence-electron chi connectivity index (χ1n) is 13.3. The largest absolute Gasteiger partial charge is 0.497 e. The zero-order valence-corrected chi connectivity index (χ0v) is 22.6. The Morgan fingerprint density at radius 2 is 1.78 bits per heavy atom. The monoisotopic (exact) mass is 500 g/mol. The maximum absolute atomic E-state index is 12.7. The molecule has 2 aromatic carbocycles. The minimum atomic E-state index is 0.0343. The lowest BCUT2D eigenvalue weighted by Crippen LogP contribution is -2.48. The molecular formula is C31H40N4O2. The fraction of sp³-hybridized carbons (Fsp3) is 0.419. The van der Waals surface area contributed by atoms with Gasteiger partial charge in [0.15, 0.2) is 0 Å². The third-order valence-corrected chi connectivity index (χ3v) is 7.60. The zero-order chi connectivity index (χ0) is 26.2. The Bertz CT molecular complexity index is 1120. The van der Waals surface area contributed by atoms with Crippen molar-refractivity contribution in [2.24, 2.45) is 0 Å². The van der Waals surface area contributed by atoms with Crippen molar-refractivity contribution in [2.45, 2.75) is 58.7 Å². The smallest absolute Gasteiger partial charge is 0.251 e. The van der Waals surface area contributed by atoms with Crippen molar-refractivity contribution in [3.8, 4) is 5.75 Å². The number of carbonyl (C=O) groups excluding carboxylic acids is 1. The molecule has 0 spiro atoms. The summed E-state index contributed by atoms with van der Waals surface area (Å²) in [5.41, 5.74) is 5.29. The molecule has 1 N–H and O–H groups in total. The lowest BCUT2D eigenvalue weighted by molar-refractivity contribution is 0.0944. The maximum Gasteiger partial charge on any atom is 0.251 e. The predicted molar refractivity (Wildman–Crippen MR) is 150 cm³/mol. The highest BCUT2D eigenvalue weighted by atomic mass is 16.5. The van der Waals surface area contributed by atoms with Gasteiger partial charge in [0.25, 0.3) is 5.91 Å². The van der Waals surface area contributed by atoms with Crippen molar-refractivity contribution in [2.75, 3.05) is 31.6 Å². The van der Waals surface area contributed by atoms with Gasteiger partial charge in [-0.25, -0.2) is 0 Å². The quantitative estimate of drug-likeness (QED) is 0.405. The molecule has 6 heteroatoms. The average Bonchev–Trinajstić information content (AvgIpc) is 2.92. The number of ether oxygens (including phenoxy) is 1. The summed E-state index contributed by atoms with van der Waals surface area (Å²) in [6, 6.07) is 19.4. The van der Waals surface area contributed by atoms with Crippen LogP contribution in [0.15, 0.2) is 67.0 Å². The summed E-state index contributed by atoms with van der Waals surface area (Å²) in [6.45, 7) is 9.91. The topological polar surface area (TPSA) is 57.7 Å². The minimum absolute atomic E-state index is 0.0343. The van der Waals surface area contributed by atoms with Crippen LogP contribution in [0.2, 0.25) is 0 Å². The number of aryl methyl sites for hydroxylation is 2. The third kappa shape index (κ3) is 6.89. The lowest BCUT2D eigenvalue weighted by Gasteiger charge is -2.42. The Kier molecular flexibility index (Phi) is 9.18. The van der Waals surface area contributed by atoms with Crippen molar-refractivity contribution >= 4 is 11.6 Å². The molecule has 1 saturated heterocycles. The van der Waals surface area contributed by atoms with Gasteiger partial charge in [-0.15, -0.1) is 0 Å². The fourth-order valence-corrected chi connectivity index (χ4v) is 5.37. The number of aromatic nitrogens is 1. The van der Waals surface area contributed by atoms with Crippen molar-refractivity contribution in [3.63, 3.8) is 0 Å². The lowest BCUT2D eigenvalue weighted by atomic mass is 9.99. The highest BCUT2D eigenvalue weighted by Crippen LogP contribution is 2.28. The van der Waals surface area contributed by atoms with Crippen LogP contribution in [0.1, 0.15) is 53.2 Å². The van der Waals surface area contributed by atoms with Crippen molar-refractivity contribution in [3.05, 3.63) is 89.2 Å². The van der Waals surface area contributed by atoms with Crippen LogP contribution < -0.4 is 15.0 Å². The van der Waals surface area contributed by atoms with Crippen LogP contribution in [0.5, 0.6) is 5.75 Å². The summed E-state index contributed by atoms with van der Waals surface area (Å²) in [5.74, 6) is 0.908. The molecule has 37 heavy (non-hydrogen) atoms. The molecule has 1 unspecified atom stereocenters. The Balaban J connectivity index is 1.32. The molecule has 0 bridgehead atoms. The number of nitrogens with one attached hydrogen (secondary N) is 1. The van der Waals surface area contributed by atoms with Crippen LogP contribution in [-0.4, -0.2) is 54.6 Å². The molecule has 1 aromatic heterocycles. The van der Waals surface area contributed by atoms with Gasteiger partial charge in [0, 0.05) is 61.9 Å². The van der Waals surface area contributed by atoms with E-state index < -0.39 is 0 Å². The van der Waals surface area contributed by atoms with E-state index in [-0.39, 0.29) is 5.91 Å². The van der Waals surface area contributed by atoms with Crippen molar-refractivity contribution in [1.29, 1.82) is 0 Å². The SMILES string of the molecule is COc1ccc(N(Cc2cccnc2)C2CCN(C(C)CCNC(=O)c3c(C)cccc3C)CC2)cc1. The molecule has 0 aliphatic carbocycles. The number of rotatable bonds is 10. The number of nitrogens with zero attached hydrogens (tertiary/aromatic N) is 3. The van der Waals surface area contributed by atoms with Gasteiger partial charge in [0.1, 0.15) is 5.75 Å². The molecule has 6 nitrogen and oxygen atoms in total. The van der Waals surface area contributed by atoms with Crippen molar-refractivity contribution in [1.82, 2.24) is 15.2 Å². The Morgan fingerprint density at radius 1 is 1.08 bits per heavy atom. The summed E-state index contributed by atoms with van der Waals surface area (Å²) in [4.78, 5) is 22.2. The first kappa shape index (κ1) is 26.7. The first-order chi connectivity index (χ1) is 18.0. The highest BCUT2D eigenvalue weighted by molar-refractivity contribution is 5.97. The van der Waals surface area contributed by atoms with Gasteiger partial charge >= 0.3 is 0 Å². The zero-order valence-electron chi connectivity index (χ0n) is 22.6. The molecule has 0 radical (unpaired) electrons. The van der Waals surface area contributed by atoms with E-state index in [1.807, 2.05) is 62.6 Å². The van der Waals surface area contributed by atoms with E-state index in [0.29, 0.717) is 18.6 Å². The van der Waals surface area contributed by atoms with E-state index in [2.05, 4.69) is 45.2 Å². The molecule has 1 fully saturated rings. The maximum atomic E-state index is 12.7. The van der Waals surface area contributed by atoms with Crippen molar-refractivity contribution < 1.29 is 9.53 Å². The number of pyridine rings is 1. The van der Waals surface area contributed by atoms with Gasteiger partial charge in [-0.2, -0.15) is 0 Å². The van der Waals surface area contributed by atoms with Crippen LogP contribution in [0.25, 0.3) is 0 Å². The van der Waals surface area contributed by atoms with Crippen LogP contribution >= 0.6 is 0 Å². The second-order valence-corrected chi connectivity index (χ2v) is 10.1. The standard InChI is InChI=1S/C31H40N4O2/c1-23-7-5-8-24(2)30(23)31(36)33-18-14-25(3)34-19-15-28(16-20-34)35(22-26-9-6-17-32-21-26)27-10-12-29(37-4)13-11-27/h5-13,17,21,25,28H,14-16,18-20,22H2,1-4H3,(H,33,36). The van der Waals surface area contributed by atoms with Gasteiger partial charge in [-0.3, -0.25) is 9.78 Å². The first-order valence-corrected chi connectivity index (χ1v) is 13.3. The van der Waals surface area contributed by atoms with Gasteiger partial charge < -0.3 is 19.9 Å². The summed E-state index contributed by atoms with van der Waals surface area (Å²) in [7, 11) is 1.70. The van der Waals surface area contributed by atoms with E-state index in [9.17, 15) is 4.79 Å². The molecule has 0 saturated carbocycles. The molecule has 1 aliphatic rings. The van der Waals surface area contributed by atoms with Crippen LogP contribution in [0.4, 0.5) is 5.69 Å². The molecule has 1 atom stereocenters. The molecular weight excluding hydrogens is 460 g/mol. The molecule has 2 heterocycles. The number of hydrogen-bond donors (Lipinski definition) is 1. The van der Waals surface area contributed by atoms with E-state index >= 15 is 0 Å². The third-order valence-electron chi connectivity index (χ3n) is 7.60. The highest BCUT2D eigenvalue weighted by Gasteiger charge is 2.27. The minimum Gasteiger partial charge on any atom is -0.497 e. The Morgan fingerprint density at radius 3 is 2.41 bits per heavy atom. The number of amides is 1. The molecule has 3 aromatic rings. The molecule has 196 valence electrons. The second-order valence-electron chi connectivity index (χ2n) is 10.1. The van der Waals surface area contributed by atoms with E-state index in [4.69, 9.17) is 4.74 Å². The van der Waals surface area contributed by atoms with E-state index in [0.717, 1.165) is 61.3 Å². The summed E-state index contributed by atoms with van der Waals surface area (Å²) in [6.07, 6.45) is 6.93. The molecule has 1 amide bonds. The van der Waals surface area contributed by atoms with Crippen LogP contribution in [0.3, 0.4) is 0 Å². The van der Waals surface area contributed by atoms with Crippen LogP contribution in [-0.2, 0) is 6.54 Å². The van der Waals surface area contributed by atoms with E-state index in [1.54, 1.807) is 7.11 Å². The number of carbonyl (C=O) groups is 1. The normalized spacial score (nSPS) is 15.2. The molecule has 1 aliphatic heterocycles. The van der Waals surface area contributed by atoms with Gasteiger partial charge in [-0.05, 0) is 87.1 Å². The number of benzene rings is 2. The summed E-state index contributed by atoms with van der Waals surface area (Å²) >= 11 is 0. The van der Waals surface area contributed by atoms with Crippen LogP contribution in [0, 0.1) is 13.8 Å². The summed E-state index contributed by atoms with van der Waals surface area (Å²) < 4.78 is 5.38. The number of likely N-dealkylation sites (tertiary alicyclic amines) is 1.